The Balaban J connectivity index is 2.26. The van der Waals surface area contributed by atoms with Crippen LogP contribution in [-0.2, 0) is 4.79 Å². The van der Waals surface area contributed by atoms with Gasteiger partial charge in [0.1, 0.15) is 5.75 Å². The molecule has 1 aliphatic rings. The van der Waals surface area contributed by atoms with Crippen molar-refractivity contribution in [3.8, 4) is 5.75 Å². The van der Waals surface area contributed by atoms with Crippen LogP contribution in [0.15, 0.2) is 52.0 Å². The van der Waals surface area contributed by atoms with Crippen LogP contribution in [0.25, 0.3) is 0 Å². The van der Waals surface area contributed by atoms with Crippen LogP contribution >= 0.6 is 15.9 Å². The second-order valence-electron chi connectivity index (χ2n) is 3.76. The van der Waals surface area contributed by atoms with E-state index in [9.17, 15) is 9.59 Å². The first-order valence-corrected chi connectivity index (χ1v) is 6.26. The highest BCUT2D eigenvalue weighted by Crippen LogP contribution is 2.15. The number of methoxy groups -OCH3 is 1. The van der Waals surface area contributed by atoms with E-state index >= 15 is 0 Å². The molecule has 1 aliphatic carbocycles. The van der Waals surface area contributed by atoms with Gasteiger partial charge in [-0.2, -0.15) is 0 Å². The van der Waals surface area contributed by atoms with Gasteiger partial charge in [0.05, 0.1) is 17.3 Å². The highest BCUT2D eigenvalue weighted by molar-refractivity contribution is 9.12. The number of halogens is 1. The van der Waals surface area contributed by atoms with E-state index in [1.807, 2.05) is 0 Å². The fourth-order valence-electron chi connectivity index (χ4n) is 1.50. The summed E-state index contributed by atoms with van der Waals surface area (Å²) in [6.07, 6.45) is 4.38. The van der Waals surface area contributed by atoms with Crippen molar-refractivity contribution in [2.75, 3.05) is 7.11 Å². The monoisotopic (exact) mass is 319 g/mol. The maximum atomic E-state index is 12.0. The lowest BCUT2D eigenvalue weighted by Gasteiger charge is -2.03. The molecule has 0 saturated heterocycles. The number of rotatable bonds is 2. The average molecular weight is 320 g/mol. The lowest BCUT2D eigenvalue weighted by Crippen LogP contribution is -2.06. The minimum absolute atomic E-state index is 0.146. The molecule has 0 aliphatic heterocycles. The zero-order valence-corrected chi connectivity index (χ0v) is 11.7. The van der Waals surface area contributed by atoms with E-state index in [0.29, 0.717) is 21.5 Å². The van der Waals surface area contributed by atoms with Crippen molar-refractivity contribution in [2.24, 2.45) is 4.99 Å². The number of benzene rings is 1. The van der Waals surface area contributed by atoms with Crippen molar-refractivity contribution in [3.05, 3.63) is 52.5 Å². The largest absolute Gasteiger partial charge is 0.497 e. The quantitative estimate of drug-likeness (QED) is 0.787. The number of amides is 1. The second kappa shape index (κ2) is 5.75. The number of carbonyl (C=O) groups excluding carboxylic acids is 2. The SMILES string of the molecule is COc1cccc(C(=O)N=C2C=CC(=O)C(Br)=C2)c1. The van der Waals surface area contributed by atoms with Crippen LogP contribution in [0.4, 0.5) is 0 Å². The fourth-order valence-corrected chi connectivity index (χ4v) is 1.86. The predicted molar refractivity (Wildman–Crippen MR) is 75.9 cm³/mol. The zero-order chi connectivity index (χ0) is 13.8. The Kier molecular flexibility index (Phi) is 4.06. The van der Waals surface area contributed by atoms with Gasteiger partial charge >= 0.3 is 0 Å². The summed E-state index contributed by atoms with van der Waals surface area (Å²) < 4.78 is 5.43. The van der Waals surface area contributed by atoms with Gasteiger partial charge < -0.3 is 4.74 Å². The third-order valence-electron chi connectivity index (χ3n) is 2.46. The summed E-state index contributed by atoms with van der Waals surface area (Å²) in [5.74, 6) is 0.0642. The number of ketones is 1. The maximum Gasteiger partial charge on any atom is 0.277 e. The first-order valence-electron chi connectivity index (χ1n) is 5.47. The van der Waals surface area contributed by atoms with Gasteiger partial charge in [0.15, 0.2) is 5.78 Å². The van der Waals surface area contributed by atoms with Crippen molar-refractivity contribution < 1.29 is 14.3 Å². The van der Waals surface area contributed by atoms with Crippen molar-refractivity contribution in [3.63, 3.8) is 0 Å². The summed E-state index contributed by atoms with van der Waals surface area (Å²) in [7, 11) is 1.53. The molecule has 19 heavy (non-hydrogen) atoms. The molecule has 0 aromatic heterocycles. The second-order valence-corrected chi connectivity index (χ2v) is 4.62. The van der Waals surface area contributed by atoms with Gasteiger partial charge in [-0.3, -0.25) is 9.59 Å². The smallest absolute Gasteiger partial charge is 0.277 e. The Labute approximate surface area is 118 Å². The first-order chi connectivity index (χ1) is 9.10. The molecule has 0 N–H and O–H groups in total. The molecule has 0 saturated carbocycles. The molecule has 1 amide bonds. The van der Waals surface area contributed by atoms with Crippen LogP contribution in [0.5, 0.6) is 5.75 Å². The Morgan fingerprint density at radius 3 is 2.79 bits per heavy atom. The highest BCUT2D eigenvalue weighted by Gasteiger charge is 2.11. The number of ether oxygens (including phenoxy) is 1. The third-order valence-corrected chi connectivity index (χ3v) is 3.08. The van der Waals surface area contributed by atoms with E-state index in [1.165, 1.54) is 25.3 Å². The topological polar surface area (TPSA) is 55.7 Å². The van der Waals surface area contributed by atoms with Crippen LogP contribution < -0.4 is 4.74 Å². The molecule has 0 spiro atoms. The van der Waals surface area contributed by atoms with Crippen molar-refractivity contribution >= 4 is 33.3 Å². The summed E-state index contributed by atoms with van der Waals surface area (Å²) in [5.41, 5.74) is 0.862. The Bertz CT molecular complexity index is 629. The van der Waals surface area contributed by atoms with Crippen molar-refractivity contribution in [2.45, 2.75) is 0 Å². The Morgan fingerprint density at radius 1 is 1.32 bits per heavy atom. The molecule has 0 atom stereocenters. The minimum Gasteiger partial charge on any atom is -0.497 e. The van der Waals surface area contributed by atoms with Gasteiger partial charge in [-0.05, 0) is 52.4 Å². The molecule has 5 heteroatoms. The lowest BCUT2D eigenvalue weighted by molar-refractivity contribution is -0.110. The fraction of sp³-hybridized carbons (Fsp3) is 0.0714. The van der Waals surface area contributed by atoms with Gasteiger partial charge in [-0.15, -0.1) is 0 Å². The molecular weight excluding hydrogens is 310 g/mol. The van der Waals surface area contributed by atoms with Crippen molar-refractivity contribution in [1.82, 2.24) is 0 Å². The van der Waals surface area contributed by atoms with E-state index in [-0.39, 0.29) is 11.7 Å². The van der Waals surface area contributed by atoms with Crippen LogP contribution in [-0.4, -0.2) is 24.5 Å². The summed E-state index contributed by atoms with van der Waals surface area (Å²) in [6.45, 7) is 0. The summed E-state index contributed by atoms with van der Waals surface area (Å²) in [5, 5.41) is 0. The number of allylic oxidation sites excluding steroid dienone is 4. The first kappa shape index (κ1) is 13.4. The van der Waals surface area contributed by atoms with Gasteiger partial charge in [0, 0.05) is 5.56 Å². The van der Waals surface area contributed by atoms with Crippen LogP contribution in [0.3, 0.4) is 0 Å². The van der Waals surface area contributed by atoms with E-state index in [0.717, 1.165) is 0 Å². The molecular formula is C14H10BrNO3. The van der Waals surface area contributed by atoms with Gasteiger partial charge in [-0.1, -0.05) is 6.07 Å². The van der Waals surface area contributed by atoms with E-state index in [2.05, 4.69) is 20.9 Å². The van der Waals surface area contributed by atoms with Crippen LogP contribution in [0.1, 0.15) is 10.4 Å². The van der Waals surface area contributed by atoms with E-state index in [1.54, 1.807) is 24.3 Å². The molecule has 96 valence electrons. The van der Waals surface area contributed by atoms with Crippen molar-refractivity contribution in [1.29, 1.82) is 0 Å². The molecule has 4 nitrogen and oxygen atoms in total. The maximum absolute atomic E-state index is 12.0. The summed E-state index contributed by atoms with van der Waals surface area (Å²) in [6, 6.07) is 6.74. The Hall–Kier alpha value is -2.01. The number of carbonyl (C=O) groups is 2. The molecule has 1 aromatic carbocycles. The molecule has 0 bridgehead atoms. The number of aliphatic imine (C=N–C) groups is 1. The highest BCUT2D eigenvalue weighted by atomic mass is 79.9. The van der Waals surface area contributed by atoms with E-state index < -0.39 is 0 Å². The molecule has 0 radical (unpaired) electrons. The summed E-state index contributed by atoms with van der Waals surface area (Å²) >= 11 is 3.11. The predicted octanol–water partition coefficient (Wildman–Crippen LogP) is 2.69. The van der Waals surface area contributed by atoms with Crippen LogP contribution in [0.2, 0.25) is 0 Å². The van der Waals surface area contributed by atoms with E-state index in [4.69, 9.17) is 4.74 Å². The molecule has 0 unspecified atom stereocenters. The van der Waals surface area contributed by atoms with Gasteiger partial charge in [0.2, 0.25) is 0 Å². The standard InChI is InChI=1S/C14H10BrNO3/c1-19-11-4-2-3-9(7-11)14(18)16-10-5-6-13(17)12(15)8-10/h2-8H,1H3. The number of hydrogen-bond acceptors (Lipinski definition) is 3. The molecule has 0 fully saturated rings. The molecule has 0 heterocycles. The third kappa shape index (κ3) is 3.26. The number of hydrogen-bond donors (Lipinski definition) is 0. The number of nitrogens with zero attached hydrogens (tertiary/aromatic N) is 1. The minimum atomic E-state index is -0.385. The zero-order valence-electron chi connectivity index (χ0n) is 10.1. The van der Waals surface area contributed by atoms with Gasteiger partial charge in [0.25, 0.3) is 5.91 Å². The normalized spacial score (nSPS) is 16.4. The molecule has 1 aromatic rings. The Morgan fingerprint density at radius 2 is 2.11 bits per heavy atom. The summed E-state index contributed by atoms with van der Waals surface area (Å²) in [4.78, 5) is 27.1. The van der Waals surface area contributed by atoms with Gasteiger partial charge in [-0.25, -0.2) is 4.99 Å². The van der Waals surface area contributed by atoms with Crippen LogP contribution in [0, 0.1) is 0 Å². The molecule has 2 rings (SSSR count). The average Bonchev–Trinajstić information content (AvgIpc) is 2.43. The lowest BCUT2D eigenvalue weighted by atomic mass is 10.1.